The minimum Gasteiger partial charge on any atom is -0.493 e. The molecule has 0 aliphatic rings. The van der Waals surface area contributed by atoms with Gasteiger partial charge in [-0.15, -0.1) is 12.3 Å². The van der Waals surface area contributed by atoms with Crippen LogP contribution in [0.2, 0.25) is 0 Å². The molecule has 1 atom stereocenters. The van der Waals surface area contributed by atoms with Crippen molar-refractivity contribution in [1.82, 2.24) is 0 Å². The molecular weight excluding hydrogens is 266 g/mol. The van der Waals surface area contributed by atoms with Crippen molar-refractivity contribution in [3.8, 4) is 18.1 Å². The van der Waals surface area contributed by atoms with E-state index in [0.29, 0.717) is 13.0 Å². The van der Waals surface area contributed by atoms with E-state index in [1.165, 1.54) is 0 Å². The number of nitrogens with two attached hydrogens (primary N) is 1. The third kappa shape index (κ3) is 4.26. The molecule has 0 saturated heterocycles. The van der Waals surface area contributed by atoms with E-state index >= 15 is 0 Å². The summed E-state index contributed by atoms with van der Waals surface area (Å²) < 4.78 is 6.58. The Balaban J connectivity index is 2.70. The zero-order valence-corrected chi connectivity index (χ0v) is 11.0. The van der Waals surface area contributed by atoms with Crippen molar-refractivity contribution in [3.05, 3.63) is 28.2 Å². The molecule has 0 saturated carbocycles. The fraction of sp³-hybridized carbons (Fsp3) is 0.385. The van der Waals surface area contributed by atoms with Crippen molar-refractivity contribution >= 4 is 15.9 Å². The van der Waals surface area contributed by atoms with Gasteiger partial charge in [0.05, 0.1) is 6.61 Å². The Bertz CT molecular complexity index is 382. The van der Waals surface area contributed by atoms with Crippen LogP contribution in [0.5, 0.6) is 5.75 Å². The van der Waals surface area contributed by atoms with Crippen LogP contribution in [0.25, 0.3) is 0 Å². The van der Waals surface area contributed by atoms with Gasteiger partial charge >= 0.3 is 0 Å². The summed E-state index contributed by atoms with van der Waals surface area (Å²) in [6.07, 6.45) is 6.61. The molecule has 1 rings (SSSR count). The second-order valence-corrected chi connectivity index (χ2v) is 4.59. The minimum atomic E-state index is 0.136. The summed E-state index contributed by atoms with van der Waals surface area (Å²) in [6.45, 7) is 2.54. The maximum Gasteiger partial charge on any atom is 0.119 e. The van der Waals surface area contributed by atoms with Crippen LogP contribution in [0.3, 0.4) is 0 Å². The van der Waals surface area contributed by atoms with Gasteiger partial charge in [-0.25, -0.2) is 0 Å². The van der Waals surface area contributed by atoms with Crippen LogP contribution in [0.15, 0.2) is 22.7 Å². The van der Waals surface area contributed by atoms with E-state index < -0.39 is 0 Å². The normalized spacial score (nSPS) is 11.9. The van der Waals surface area contributed by atoms with E-state index in [0.717, 1.165) is 22.2 Å². The molecule has 86 valence electrons. The minimum absolute atomic E-state index is 0.136. The lowest BCUT2D eigenvalue weighted by atomic mass is 10.1. The first-order valence-electron chi connectivity index (χ1n) is 5.23. The first-order valence-corrected chi connectivity index (χ1v) is 6.03. The average molecular weight is 282 g/mol. The summed E-state index contributed by atoms with van der Waals surface area (Å²) in [5.74, 6) is 3.38. The largest absolute Gasteiger partial charge is 0.493 e. The third-order valence-electron chi connectivity index (χ3n) is 2.07. The van der Waals surface area contributed by atoms with Gasteiger partial charge in [0, 0.05) is 16.9 Å². The van der Waals surface area contributed by atoms with Crippen LogP contribution in [0, 0.1) is 12.3 Å². The fourth-order valence-electron chi connectivity index (χ4n) is 1.37. The maximum absolute atomic E-state index is 5.78. The van der Waals surface area contributed by atoms with Gasteiger partial charge in [-0.05, 0) is 37.1 Å². The molecular formula is C13H16BrNO. The highest BCUT2D eigenvalue weighted by molar-refractivity contribution is 9.10. The molecule has 1 unspecified atom stereocenters. The first-order chi connectivity index (χ1) is 7.63. The predicted octanol–water partition coefficient (Wildman–Crippen LogP) is 2.74. The smallest absolute Gasteiger partial charge is 0.119 e. The summed E-state index contributed by atoms with van der Waals surface area (Å²) in [5.41, 5.74) is 6.94. The van der Waals surface area contributed by atoms with Crippen LogP contribution in [0.4, 0.5) is 0 Å². The van der Waals surface area contributed by atoms with Crippen LogP contribution in [-0.4, -0.2) is 12.6 Å². The highest BCUT2D eigenvalue weighted by Crippen LogP contribution is 2.23. The van der Waals surface area contributed by atoms with Crippen LogP contribution in [-0.2, 0) is 6.42 Å². The fourth-order valence-corrected chi connectivity index (χ4v) is 1.78. The van der Waals surface area contributed by atoms with E-state index in [9.17, 15) is 0 Å². The average Bonchev–Trinajstić information content (AvgIpc) is 2.22. The molecule has 0 aliphatic carbocycles. The van der Waals surface area contributed by atoms with E-state index in [1.807, 2.05) is 25.1 Å². The highest BCUT2D eigenvalue weighted by atomic mass is 79.9. The monoisotopic (exact) mass is 281 g/mol. The molecule has 0 heterocycles. The van der Waals surface area contributed by atoms with Gasteiger partial charge in [0.25, 0.3) is 0 Å². The van der Waals surface area contributed by atoms with Crippen molar-refractivity contribution < 1.29 is 4.74 Å². The molecule has 2 N–H and O–H groups in total. The van der Waals surface area contributed by atoms with Crippen molar-refractivity contribution in [2.75, 3.05) is 6.61 Å². The summed E-state index contributed by atoms with van der Waals surface area (Å²) >= 11 is 3.50. The second kappa shape index (κ2) is 6.57. The lowest BCUT2D eigenvalue weighted by molar-refractivity contribution is 0.327. The summed E-state index contributed by atoms with van der Waals surface area (Å²) in [7, 11) is 0. The Labute approximate surface area is 105 Å². The summed E-state index contributed by atoms with van der Waals surface area (Å²) in [6, 6.07) is 6.04. The van der Waals surface area contributed by atoms with Crippen LogP contribution in [0.1, 0.15) is 18.9 Å². The number of terminal acetylenes is 1. The molecule has 16 heavy (non-hydrogen) atoms. The molecule has 2 nitrogen and oxygen atoms in total. The van der Waals surface area contributed by atoms with Gasteiger partial charge in [-0.2, -0.15) is 0 Å². The molecule has 1 aromatic carbocycles. The van der Waals surface area contributed by atoms with E-state index in [1.54, 1.807) is 0 Å². The number of hydrogen-bond acceptors (Lipinski definition) is 2. The Morgan fingerprint density at radius 3 is 2.94 bits per heavy atom. The molecule has 1 aromatic rings. The molecule has 0 spiro atoms. The zero-order chi connectivity index (χ0) is 12.0. The van der Waals surface area contributed by atoms with Crippen molar-refractivity contribution in [3.63, 3.8) is 0 Å². The summed E-state index contributed by atoms with van der Waals surface area (Å²) in [4.78, 5) is 0. The first kappa shape index (κ1) is 13.1. The highest BCUT2D eigenvalue weighted by Gasteiger charge is 2.05. The van der Waals surface area contributed by atoms with Gasteiger partial charge < -0.3 is 10.5 Å². The standard InChI is InChI=1S/C13H16BrNO/c1-3-4-7-16-12-5-6-13(14)11(9-12)8-10(2)15/h1,5-6,9-10H,4,7-8,15H2,2H3. The quantitative estimate of drug-likeness (QED) is 0.665. The number of rotatable bonds is 5. The van der Waals surface area contributed by atoms with E-state index in [2.05, 4.69) is 21.9 Å². The number of ether oxygens (including phenoxy) is 1. The van der Waals surface area contributed by atoms with Gasteiger partial charge in [-0.1, -0.05) is 15.9 Å². The van der Waals surface area contributed by atoms with Gasteiger partial charge in [0.1, 0.15) is 5.75 Å². The van der Waals surface area contributed by atoms with Gasteiger partial charge in [0.15, 0.2) is 0 Å². The van der Waals surface area contributed by atoms with E-state index in [-0.39, 0.29) is 6.04 Å². The molecule has 0 radical (unpaired) electrons. The maximum atomic E-state index is 5.78. The molecule has 0 amide bonds. The molecule has 0 fully saturated rings. The van der Waals surface area contributed by atoms with Crippen LogP contribution < -0.4 is 10.5 Å². The Morgan fingerprint density at radius 2 is 2.31 bits per heavy atom. The Hall–Kier alpha value is -0.980. The van der Waals surface area contributed by atoms with E-state index in [4.69, 9.17) is 16.9 Å². The second-order valence-electron chi connectivity index (χ2n) is 3.74. The van der Waals surface area contributed by atoms with Crippen molar-refractivity contribution in [2.24, 2.45) is 5.73 Å². The summed E-state index contributed by atoms with van der Waals surface area (Å²) in [5, 5.41) is 0. The van der Waals surface area contributed by atoms with Gasteiger partial charge in [-0.3, -0.25) is 0 Å². The number of benzene rings is 1. The Kier molecular flexibility index (Phi) is 5.37. The van der Waals surface area contributed by atoms with Crippen molar-refractivity contribution in [1.29, 1.82) is 0 Å². The number of halogens is 1. The topological polar surface area (TPSA) is 35.2 Å². The van der Waals surface area contributed by atoms with Gasteiger partial charge in [0.2, 0.25) is 0 Å². The molecule has 0 bridgehead atoms. The third-order valence-corrected chi connectivity index (χ3v) is 2.85. The molecule has 0 aromatic heterocycles. The van der Waals surface area contributed by atoms with Crippen LogP contribution >= 0.6 is 15.9 Å². The van der Waals surface area contributed by atoms with Crippen molar-refractivity contribution in [2.45, 2.75) is 25.8 Å². The lowest BCUT2D eigenvalue weighted by Crippen LogP contribution is -2.18. The molecule has 0 aliphatic heterocycles. The SMILES string of the molecule is C#CCCOc1ccc(Br)c(CC(C)N)c1. The predicted molar refractivity (Wildman–Crippen MR) is 70.4 cm³/mol. The Morgan fingerprint density at radius 1 is 1.56 bits per heavy atom. The lowest BCUT2D eigenvalue weighted by Gasteiger charge is -2.10. The molecule has 3 heteroatoms. The number of hydrogen-bond donors (Lipinski definition) is 1. The zero-order valence-electron chi connectivity index (χ0n) is 9.37.